The highest BCUT2D eigenvalue weighted by atomic mass is 19.4. The zero-order valence-corrected chi connectivity index (χ0v) is 16.1. The summed E-state index contributed by atoms with van der Waals surface area (Å²) >= 11 is 0. The molecule has 1 N–H and O–H groups in total. The minimum Gasteiger partial charge on any atom is -0.475 e. The molecule has 4 heterocycles. The standard InChI is InChI=1S/C17H19N5O.C2HF3O2/c1-12-3-2-4-16(20-12)21-8-13-10-22(11-14(13)9-21)17(23)15-7-18-5-6-19-15;3-2(4,5)1(6)7/h2-7,13-14H,8-11H2,1H3;(H,6,7)/t13-,14+;. The number of aryl methyl sites for hydroxylation is 1. The highest BCUT2D eigenvalue weighted by Crippen LogP contribution is 2.33. The number of nitrogens with zero attached hydrogens (tertiary/aromatic N) is 5. The number of likely N-dealkylation sites (tertiary alicyclic amines) is 1. The summed E-state index contributed by atoms with van der Waals surface area (Å²) < 4.78 is 31.7. The first-order valence-corrected chi connectivity index (χ1v) is 9.19. The van der Waals surface area contributed by atoms with Gasteiger partial charge in [0.1, 0.15) is 11.5 Å². The van der Waals surface area contributed by atoms with Gasteiger partial charge in [-0.25, -0.2) is 14.8 Å². The number of rotatable bonds is 2. The molecule has 2 atom stereocenters. The smallest absolute Gasteiger partial charge is 0.475 e. The van der Waals surface area contributed by atoms with Crippen LogP contribution in [0.3, 0.4) is 0 Å². The van der Waals surface area contributed by atoms with Crippen molar-refractivity contribution in [2.45, 2.75) is 13.1 Å². The lowest BCUT2D eigenvalue weighted by Gasteiger charge is -2.22. The maximum Gasteiger partial charge on any atom is 0.490 e. The van der Waals surface area contributed by atoms with Crippen LogP contribution < -0.4 is 4.90 Å². The molecule has 0 radical (unpaired) electrons. The third-order valence-electron chi connectivity index (χ3n) is 5.00. The number of amides is 1. The quantitative estimate of drug-likeness (QED) is 0.789. The summed E-state index contributed by atoms with van der Waals surface area (Å²) in [6.45, 7) is 5.53. The lowest BCUT2D eigenvalue weighted by Crippen LogP contribution is -2.34. The van der Waals surface area contributed by atoms with Gasteiger partial charge in [-0.2, -0.15) is 13.2 Å². The van der Waals surface area contributed by atoms with Gasteiger partial charge in [0.15, 0.2) is 0 Å². The number of aliphatic carboxylic acids is 1. The van der Waals surface area contributed by atoms with Crippen LogP contribution in [0.25, 0.3) is 0 Å². The normalized spacial score (nSPS) is 20.4. The molecule has 2 aromatic heterocycles. The van der Waals surface area contributed by atoms with E-state index in [-0.39, 0.29) is 5.91 Å². The molecule has 0 aromatic carbocycles. The fourth-order valence-electron chi connectivity index (χ4n) is 3.62. The number of hydrogen-bond acceptors (Lipinski definition) is 6. The second-order valence-electron chi connectivity index (χ2n) is 7.17. The number of alkyl halides is 3. The van der Waals surface area contributed by atoms with Crippen molar-refractivity contribution in [2.75, 3.05) is 31.1 Å². The maximum absolute atomic E-state index is 12.5. The molecular formula is C19H20F3N5O3. The molecule has 11 heteroatoms. The molecule has 2 aliphatic heterocycles. The Labute approximate surface area is 170 Å². The molecule has 160 valence electrons. The first-order valence-electron chi connectivity index (χ1n) is 9.19. The number of carbonyl (C=O) groups is 2. The molecular weight excluding hydrogens is 403 g/mol. The van der Waals surface area contributed by atoms with Crippen molar-refractivity contribution in [3.05, 3.63) is 48.2 Å². The van der Waals surface area contributed by atoms with E-state index in [0.717, 1.165) is 37.7 Å². The number of anilines is 1. The summed E-state index contributed by atoms with van der Waals surface area (Å²) in [5, 5.41) is 7.12. The summed E-state index contributed by atoms with van der Waals surface area (Å²) in [7, 11) is 0. The molecule has 2 aromatic rings. The van der Waals surface area contributed by atoms with Crippen LogP contribution in [0.4, 0.5) is 19.0 Å². The largest absolute Gasteiger partial charge is 0.490 e. The van der Waals surface area contributed by atoms with Crippen LogP contribution in [0.1, 0.15) is 16.2 Å². The lowest BCUT2D eigenvalue weighted by molar-refractivity contribution is -0.192. The van der Waals surface area contributed by atoms with Crippen molar-refractivity contribution in [3.8, 4) is 0 Å². The molecule has 0 aliphatic carbocycles. The number of pyridine rings is 1. The molecule has 2 aliphatic rings. The van der Waals surface area contributed by atoms with Gasteiger partial charge in [0, 0.05) is 56.1 Å². The van der Waals surface area contributed by atoms with Gasteiger partial charge < -0.3 is 14.9 Å². The van der Waals surface area contributed by atoms with Crippen molar-refractivity contribution < 1.29 is 27.9 Å². The number of carbonyl (C=O) groups excluding carboxylic acids is 1. The summed E-state index contributed by atoms with van der Waals surface area (Å²) in [5.41, 5.74) is 1.48. The molecule has 8 nitrogen and oxygen atoms in total. The molecule has 0 unspecified atom stereocenters. The van der Waals surface area contributed by atoms with Crippen molar-refractivity contribution >= 4 is 17.7 Å². The van der Waals surface area contributed by atoms with Gasteiger partial charge in [0.2, 0.25) is 0 Å². The molecule has 30 heavy (non-hydrogen) atoms. The van der Waals surface area contributed by atoms with Gasteiger partial charge >= 0.3 is 12.1 Å². The van der Waals surface area contributed by atoms with Crippen molar-refractivity contribution in [1.29, 1.82) is 0 Å². The van der Waals surface area contributed by atoms with Crippen molar-refractivity contribution in [1.82, 2.24) is 19.9 Å². The topological polar surface area (TPSA) is 99.5 Å². The van der Waals surface area contributed by atoms with E-state index in [0.29, 0.717) is 17.5 Å². The van der Waals surface area contributed by atoms with Gasteiger partial charge in [-0.15, -0.1) is 0 Å². The molecule has 0 bridgehead atoms. The zero-order valence-electron chi connectivity index (χ0n) is 16.1. The fourth-order valence-corrected chi connectivity index (χ4v) is 3.62. The van der Waals surface area contributed by atoms with Crippen molar-refractivity contribution in [3.63, 3.8) is 0 Å². The first kappa shape index (κ1) is 21.5. The Balaban J connectivity index is 0.000000318. The van der Waals surface area contributed by atoms with Gasteiger partial charge in [-0.1, -0.05) is 6.07 Å². The summed E-state index contributed by atoms with van der Waals surface area (Å²) in [5.74, 6) is -0.692. The number of fused-ring (bicyclic) bond motifs is 1. The number of aromatic nitrogens is 3. The van der Waals surface area contributed by atoms with Crippen LogP contribution in [0.15, 0.2) is 36.8 Å². The average Bonchev–Trinajstić information content (AvgIpc) is 3.27. The Kier molecular flexibility index (Phi) is 6.18. The van der Waals surface area contributed by atoms with E-state index in [1.165, 1.54) is 0 Å². The molecule has 2 saturated heterocycles. The Bertz CT molecular complexity index is 896. The second kappa shape index (κ2) is 8.64. The SMILES string of the molecule is Cc1cccc(N2C[C@H]3CN(C(=O)c4cnccn4)C[C@H]3C2)n1.O=C(O)C(F)(F)F. The maximum atomic E-state index is 12.5. The Morgan fingerprint density at radius 2 is 1.73 bits per heavy atom. The Morgan fingerprint density at radius 1 is 1.10 bits per heavy atom. The molecule has 0 spiro atoms. The van der Waals surface area contributed by atoms with E-state index in [2.05, 4.69) is 32.0 Å². The van der Waals surface area contributed by atoms with E-state index in [1.54, 1.807) is 18.6 Å². The Morgan fingerprint density at radius 3 is 2.23 bits per heavy atom. The average molecular weight is 423 g/mol. The minimum atomic E-state index is -5.08. The van der Waals surface area contributed by atoms with Gasteiger partial charge in [-0.05, 0) is 19.1 Å². The van der Waals surface area contributed by atoms with Crippen LogP contribution in [-0.4, -0.2) is 69.2 Å². The highest BCUT2D eigenvalue weighted by Gasteiger charge is 2.42. The van der Waals surface area contributed by atoms with E-state index in [1.807, 2.05) is 17.9 Å². The summed E-state index contributed by atoms with van der Waals surface area (Å²) in [4.78, 5) is 38.3. The monoisotopic (exact) mass is 423 g/mol. The summed E-state index contributed by atoms with van der Waals surface area (Å²) in [6.07, 6.45) is -0.392. The molecule has 1 amide bonds. The number of hydrogen-bond donors (Lipinski definition) is 1. The molecule has 4 rings (SSSR count). The van der Waals surface area contributed by atoms with Crippen LogP contribution in [0.5, 0.6) is 0 Å². The Hall–Kier alpha value is -3.24. The zero-order chi connectivity index (χ0) is 21.9. The van der Waals surface area contributed by atoms with Crippen molar-refractivity contribution in [2.24, 2.45) is 11.8 Å². The number of halogens is 3. The number of carboxylic acids is 1. The third kappa shape index (κ3) is 5.02. The van der Waals surface area contributed by atoms with Gasteiger partial charge in [0.25, 0.3) is 5.91 Å². The van der Waals surface area contributed by atoms with Gasteiger partial charge in [-0.3, -0.25) is 9.78 Å². The third-order valence-corrected chi connectivity index (χ3v) is 5.00. The van der Waals surface area contributed by atoms with E-state index < -0.39 is 12.1 Å². The van der Waals surface area contributed by atoms with Gasteiger partial charge in [0.05, 0.1) is 6.20 Å². The summed E-state index contributed by atoms with van der Waals surface area (Å²) in [6, 6.07) is 6.13. The predicted octanol–water partition coefficient (Wildman–Crippen LogP) is 2.02. The predicted molar refractivity (Wildman–Crippen MR) is 99.8 cm³/mol. The van der Waals surface area contributed by atoms with Crippen LogP contribution in [0, 0.1) is 18.8 Å². The lowest BCUT2D eigenvalue weighted by atomic mass is 10.0. The van der Waals surface area contributed by atoms with Crippen LogP contribution in [-0.2, 0) is 4.79 Å². The molecule has 2 fully saturated rings. The van der Waals surface area contributed by atoms with Crippen LogP contribution in [0.2, 0.25) is 0 Å². The second-order valence-corrected chi connectivity index (χ2v) is 7.17. The number of carboxylic acid groups (broad SMARTS) is 1. The van der Waals surface area contributed by atoms with E-state index in [9.17, 15) is 18.0 Å². The highest BCUT2D eigenvalue weighted by molar-refractivity contribution is 5.92. The minimum absolute atomic E-state index is 0.00673. The first-order chi connectivity index (χ1) is 14.1. The van der Waals surface area contributed by atoms with E-state index >= 15 is 0 Å². The van der Waals surface area contributed by atoms with Crippen LogP contribution >= 0.6 is 0 Å². The fraction of sp³-hybridized carbons (Fsp3) is 0.421. The van der Waals surface area contributed by atoms with E-state index in [4.69, 9.17) is 9.90 Å². The molecule has 0 saturated carbocycles.